The van der Waals surface area contributed by atoms with E-state index in [-0.39, 0.29) is 11.9 Å². The molecule has 1 aromatic heterocycles. The Morgan fingerprint density at radius 2 is 2.29 bits per heavy atom. The molecule has 0 aromatic carbocycles. The van der Waals surface area contributed by atoms with E-state index in [2.05, 4.69) is 5.10 Å². The molecule has 0 aliphatic carbocycles. The predicted molar refractivity (Wildman–Crippen MR) is 53.3 cm³/mol. The van der Waals surface area contributed by atoms with E-state index in [0.29, 0.717) is 12.2 Å². The molecule has 0 amide bonds. The predicted octanol–water partition coefficient (Wildman–Crippen LogP) is 1.72. The van der Waals surface area contributed by atoms with E-state index in [0.717, 1.165) is 5.69 Å². The van der Waals surface area contributed by atoms with Gasteiger partial charge >= 0.3 is 5.97 Å². The van der Waals surface area contributed by atoms with Crippen molar-refractivity contribution in [3.63, 3.8) is 0 Å². The lowest BCUT2D eigenvalue weighted by Gasteiger charge is -2.08. The van der Waals surface area contributed by atoms with Gasteiger partial charge in [0.05, 0.1) is 18.5 Å². The minimum atomic E-state index is -0.288. The van der Waals surface area contributed by atoms with Gasteiger partial charge in [0.1, 0.15) is 5.56 Å². The van der Waals surface area contributed by atoms with Crippen LogP contribution in [0.2, 0.25) is 0 Å². The van der Waals surface area contributed by atoms with Crippen LogP contribution in [0.5, 0.6) is 0 Å². The maximum absolute atomic E-state index is 11.5. The number of nitrogens with zero attached hydrogens (tertiary/aromatic N) is 2. The molecule has 78 valence electrons. The second kappa shape index (κ2) is 4.26. The Hall–Kier alpha value is -1.32. The Balaban J connectivity index is 3.02. The fraction of sp³-hybridized carbons (Fsp3) is 0.600. The van der Waals surface area contributed by atoms with Crippen molar-refractivity contribution in [2.75, 3.05) is 6.61 Å². The van der Waals surface area contributed by atoms with Gasteiger partial charge < -0.3 is 4.74 Å². The first-order chi connectivity index (χ1) is 6.57. The van der Waals surface area contributed by atoms with Crippen molar-refractivity contribution in [2.24, 2.45) is 7.05 Å². The van der Waals surface area contributed by atoms with Gasteiger partial charge in [-0.2, -0.15) is 5.10 Å². The number of hydrogen-bond donors (Lipinski definition) is 0. The van der Waals surface area contributed by atoms with Crippen molar-refractivity contribution in [3.8, 4) is 0 Å². The summed E-state index contributed by atoms with van der Waals surface area (Å²) in [6.07, 6.45) is 1.56. The van der Waals surface area contributed by atoms with E-state index in [1.807, 2.05) is 20.9 Å². The average molecular weight is 196 g/mol. The summed E-state index contributed by atoms with van der Waals surface area (Å²) in [5.74, 6) is -0.0220. The quantitative estimate of drug-likeness (QED) is 0.691. The zero-order valence-corrected chi connectivity index (χ0v) is 9.07. The highest BCUT2D eigenvalue weighted by Crippen LogP contribution is 2.18. The molecule has 4 nitrogen and oxygen atoms in total. The van der Waals surface area contributed by atoms with Crippen molar-refractivity contribution in [3.05, 3.63) is 17.5 Å². The molecule has 4 heteroatoms. The van der Waals surface area contributed by atoms with Crippen molar-refractivity contribution in [2.45, 2.75) is 26.7 Å². The first kappa shape index (κ1) is 10.8. The zero-order valence-electron chi connectivity index (χ0n) is 9.07. The molecular weight excluding hydrogens is 180 g/mol. The van der Waals surface area contributed by atoms with E-state index < -0.39 is 0 Å². The van der Waals surface area contributed by atoms with Gasteiger partial charge in [-0.25, -0.2) is 4.79 Å². The van der Waals surface area contributed by atoms with E-state index in [9.17, 15) is 4.79 Å². The van der Waals surface area contributed by atoms with E-state index in [1.54, 1.807) is 17.8 Å². The van der Waals surface area contributed by atoms with Gasteiger partial charge in [-0.15, -0.1) is 0 Å². The molecule has 0 bridgehead atoms. The number of rotatable bonds is 3. The Bertz CT molecular complexity index is 329. The maximum atomic E-state index is 11.5. The van der Waals surface area contributed by atoms with Crippen molar-refractivity contribution < 1.29 is 9.53 Å². The van der Waals surface area contributed by atoms with Crippen molar-refractivity contribution in [1.82, 2.24) is 9.78 Å². The summed E-state index contributed by atoms with van der Waals surface area (Å²) < 4.78 is 6.66. The standard InChI is InChI=1S/C10H16N2O2/c1-5-14-10(13)8-6-11-12(4)9(8)7(2)3/h6-7H,5H2,1-4H3. The number of hydrogen-bond acceptors (Lipinski definition) is 3. The van der Waals surface area contributed by atoms with Crippen LogP contribution in [0, 0.1) is 0 Å². The van der Waals surface area contributed by atoms with Crippen LogP contribution in [0.25, 0.3) is 0 Å². The second-order valence-electron chi connectivity index (χ2n) is 3.44. The maximum Gasteiger partial charge on any atom is 0.341 e. The lowest BCUT2D eigenvalue weighted by molar-refractivity contribution is 0.0524. The third-order valence-electron chi connectivity index (χ3n) is 2.03. The molecule has 0 atom stereocenters. The lowest BCUT2D eigenvalue weighted by atomic mass is 10.1. The smallest absolute Gasteiger partial charge is 0.341 e. The Morgan fingerprint density at radius 1 is 1.64 bits per heavy atom. The third kappa shape index (κ3) is 1.95. The average Bonchev–Trinajstić information content (AvgIpc) is 2.47. The minimum absolute atomic E-state index is 0.266. The molecule has 14 heavy (non-hydrogen) atoms. The van der Waals surface area contributed by atoms with Crippen LogP contribution >= 0.6 is 0 Å². The molecule has 0 aliphatic heterocycles. The molecule has 0 saturated heterocycles. The molecule has 0 aliphatic rings. The van der Waals surface area contributed by atoms with Gasteiger partial charge in [0.25, 0.3) is 0 Å². The first-order valence-corrected chi connectivity index (χ1v) is 4.77. The number of ether oxygens (including phenoxy) is 1. The molecular formula is C10H16N2O2. The lowest BCUT2D eigenvalue weighted by Crippen LogP contribution is -2.09. The molecule has 1 aromatic rings. The molecule has 0 N–H and O–H groups in total. The number of carbonyl (C=O) groups is 1. The van der Waals surface area contributed by atoms with Crippen molar-refractivity contribution in [1.29, 1.82) is 0 Å². The topological polar surface area (TPSA) is 44.1 Å². The molecule has 0 fully saturated rings. The summed E-state index contributed by atoms with van der Waals surface area (Å²) in [5, 5.41) is 4.06. The molecule has 1 rings (SSSR count). The van der Waals surface area contributed by atoms with Crippen LogP contribution < -0.4 is 0 Å². The Labute approximate surface area is 83.9 Å². The second-order valence-corrected chi connectivity index (χ2v) is 3.44. The monoisotopic (exact) mass is 196 g/mol. The van der Waals surface area contributed by atoms with Gasteiger partial charge in [0.2, 0.25) is 0 Å². The summed E-state index contributed by atoms with van der Waals surface area (Å²) in [7, 11) is 1.83. The van der Waals surface area contributed by atoms with Gasteiger partial charge in [0, 0.05) is 7.05 Å². The van der Waals surface area contributed by atoms with Crippen LogP contribution in [0.15, 0.2) is 6.20 Å². The van der Waals surface area contributed by atoms with Crippen molar-refractivity contribution >= 4 is 5.97 Å². The third-order valence-corrected chi connectivity index (χ3v) is 2.03. The van der Waals surface area contributed by atoms with Gasteiger partial charge in [-0.05, 0) is 12.8 Å². The Morgan fingerprint density at radius 3 is 2.79 bits per heavy atom. The van der Waals surface area contributed by atoms with Crippen LogP contribution in [0.4, 0.5) is 0 Å². The van der Waals surface area contributed by atoms with Crippen LogP contribution in [-0.2, 0) is 11.8 Å². The highest BCUT2D eigenvalue weighted by Gasteiger charge is 2.18. The Kier molecular flexibility index (Phi) is 3.28. The highest BCUT2D eigenvalue weighted by molar-refractivity contribution is 5.90. The normalized spacial score (nSPS) is 10.6. The van der Waals surface area contributed by atoms with Crippen LogP contribution in [-0.4, -0.2) is 22.4 Å². The van der Waals surface area contributed by atoms with E-state index >= 15 is 0 Å². The SMILES string of the molecule is CCOC(=O)c1cnn(C)c1C(C)C. The first-order valence-electron chi connectivity index (χ1n) is 4.77. The summed E-state index contributed by atoms with van der Waals surface area (Å²) >= 11 is 0. The van der Waals surface area contributed by atoms with Crippen LogP contribution in [0.1, 0.15) is 42.7 Å². The summed E-state index contributed by atoms with van der Waals surface area (Å²) in [4.78, 5) is 11.5. The van der Waals surface area contributed by atoms with Gasteiger partial charge in [-0.3, -0.25) is 4.68 Å². The number of aromatic nitrogens is 2. The molecule has 1 heterocycles. The van der Waals surface area contributed by atoms with Gasteiger partial charge in [-0.1, -0.05) is 13.8 Å². The molecule has 0 radical (unpaired) electrons. The van der Waals surface area contributed by atoms with Crippen LogP contribution in [0.3, 0.4) is 0 Å². The molecule has 0 saturated carbocycles. The van der Waals surface area contributed by atoms with Gasteiger partial charge in [0.15, 0.2) is 0 Å². The molecule has 0 spiro atoms. The fourth-order valence-electron chi connectivity index (χ4n) is 1.50. The van der Waals surface area contributed by atoms with E-state index in [1.165, 1.54) is 0 Å². The largest absolute Gasteiger partial charge is 0.462 e. The fourth-order valence-corrected chi connectivity index (χ4v) is 1.50. The number of esters is 1. The number of carbonyl (C=O) groups excluding carboxylic acids is 1. The number of aryl methyl sites for hydroxylation is 1. The minimum Gasteiger partial charge on any atom is -0.462 e. The zero-order chi connectivity index (χ0) is 10.7. The summed E-state index contributed by atoms with van der Waals surface area (Å²) in [6.45, 7) is 6.24. The summed E-state index contributed by atoms with van der Waals surface area (Å²) in [5.41, 5.74) is 1.49. The highest BCUT2D eigenvalue weighted by atomic mass is 16.5. The summed E-state index contributed by atoms with van der Waals surface area (Å²) in [6, 6.07) is 0. The van der Waals surface area contributed by atoms with E-state index in [4.69, 9.17) is 4.74 Å². The molecule has 0 unspecified atom stereocenters.